The molecule has 0 saturated carbocycles. The van der Waals surface area contributed by atoms with Crippen LogP contribution in [0.2, 0.25) is 0 Å². The quantitative estimate of drug-likeness (QED) is 0.0851. The molecule has 0 aromatic heterocycles. The highest BCUT2D eigenvalue weighted by molar-refractivity contribution is 6.05. The highest BCUT2D eigenvalue weighted by atomic mass is 16.2. The fraction of sp³-hybridized carbons (Fsp3) is 0.182. The first-order valence-corrected chi connectivity index (χ1v) is 17.5. The molecule has 4 amide bonds. The maximum Gasteiger partial charge on any atom is 0.271 e. The van der Waals surface area contributed by atoms with Crippen molar-refractivity contribution in [2.24, 2.45) is 10.2 Å². The van der Waals surface area contributed by atoms with E-state index in [4.69, 9.17) is 0 Å². The van der Waals surface area contributed by atoms with Gasteiger partial charge in [0.2, 0.25) is 0 Å². The van der Waals surface area contributed by atoms with Crippen molar-refractivity contribution in [3.05, 3.63) is 166 Å². The van der Waals surface area contributed by atoms with E-state index >= 15 is 0 Å². The van der Waals surface area contributed by atoms with E-state index in [1.165, 1.54) is 12.4 Å². The number of nitrogens with zero attached hydrogens (tertiary/aromatic N) is 2. The van der Waals surface area contributed by atoms with E-state index in [0.29, 0.717) is 33.6 Å². The Bertz CT molecular complexity index is 2000. The van der Waals surface area contributed by atoms with E-state index in [1.807, 2.05) is 24.3 Å². The summed E-state index contributed by atoms with van der Waals surface area (Å²) in [4.78, 5) is 50.5. The summed E-state index contributed by atoms with van der Waals surface area (Å²) < 4.78 is 0. The van der Waals surface area contributed by atoms with Crippen molar-refractivity contribution in [2.45, 2.75) is 52.4 Å². The van der Waals surface area contributed by atoms with Crippen LogP contribution in [0.5, 0.6) is 0 Å². The number of rotatable bonds is 10. The van der Waals surface area contributed by atoms with E-state index in [9.17, 15) is 19.2 Å². The molecule has 0 fully saturated rings. The molecule has 10 nitrogen and oxygen atoms in total. The molecule has 0 heterocycles. The summed E-state index contributed by atoms with van der Waals surface area (Å²) in [6.07, 6.45) is 3.02. The van der Waals surface area contributed by atoms with Gasteiger partial charge in [-0.3, -0.25) is 19.2 Å². The molecule has 4 N–H and O–H groups in total. The molecular weight excluding hydrogens is 677 g/mol. The Morgan fingerprint density at radius 3 is 0.981 bits per heavy atom. The minimum absolute atomic E-state index is 0.000128. The zero-order valence-corrected chi connectivity index (χ0v) is 31.2. The predicted octanol–water partition coefficient (Wildman–Crippen LogP) is 8.31. The summed E-state index contributed by atoms with van der Waals surface area (Å²) >= 11 is 0. The monoisotopic (exact) mass is 720 g/mol. The van der Waals surface area contributed by atoms with Crippen LogP contribution >= 0.6 is 0 Å². The molecule has 0 aliphatic carbocycles. The van der Waals surface area contributed by atoms with Crippen LogP contribution in [0.3, 0.4) is 0 Å². The minimum Gasteiger partial charge on any atom is -0.322 e. The number of carbonyl (C=O) groups excluding carboxylic acids is 4. The van der Waals surface area contributed by atoms with Crippen LogP contribution in [0.1, 0.15) is 105 Å². The van der Waals surface area contributed by atoms with Gasteiger partial charge in [0, 0.05) is 33.6 Å². The van der Waals surface area contributed by atoms with Crippen LogP contribution in [-0.4, -0.2) is 36.1 Å². The van der Waals surface area contributed by atoms with Gasteiger partial charge < -0.3 is 10.6 Å². The fourth-order valence-electron chi connectivity index (χ4n) is 5.19. The molecule has 0 bridgehead atoms. The molecular formula is C44H44N6O4. The topological polar surface area (TPSA) is 141 Å². The van der Waals surface area contributed by atoms with Crippen molar-refractivity contribution < 1.29 is 19.2 Å². The third-order valence-corrected chi connectivity index (χ3v) is 8.53. The maximum absolute atomic E-state index is 12.7. The molecule has 0 spiro atoms. The second kappa shape index (κ2) is 16.8. The standard InChI is InChI=1S/C44H44N6O4/c1-43(2,3)35-19-11-31(12-20-35)39(51)47-37-23-15-33(16-24-37)41(53)49-45-27-29-7-9-30(10-8-29)28-46-50-42(54)34-17-25-38(26-18-34)48-40(52)32-13-21-36(22-14-32)44(4,5)6/h7-28H,1-6H3,(H,47,51)(H,48,52)(H,49,53)(H,50,54). The molecule has 0 aliphatic rings. The number of hydrogen-bond donors (Lipinski definition) is 4. The van der Waals surface area contributed by atoms with Crippen molar-refractivity contribution in [3.8, 4) is 0 Å². The van der Waals surface area contributed by atoms with Crippen LogP contribution in [0.4, 0.5) is 11.4 Å². The Morgan fingerprint density at radius 2 is 0.685 bits per heavy atom. The van der Waals surface area contributed by atoms with Crippen LogP contribution < -0.4 is 21.5 Å². The Kier molecular flexibility index (Phi) is 12.0. The lowest BCUT2D eigenvalue weighted by molar-refractivity contribution is 0.0947. The molecule has 5 aromatic rings. The number of hydrazone groups is 2. The van der Waals surface area contributed by atoms with Gasteiger partial charge in [-0.1, -0.05) is 90.1 Å². The average molecular weight is 721 g/mol. The van der Waals surface area contributed by atoms with E-state index in [-0.39, 0.29) is 22.6 Å². The summed E-state index contributed by atoms with van der Waals surface area (Å²) in [6.45, 7) is 12.7. The number of benzene rings is 5. The van der Waals surface area contributed by atoms with E-state index in [1.54, 1.807) is 97.1 Å². The summed E-state index contributed by atoms with van der Waals surface area (Å²) in [6, 6.07) is 35.3. The van der Waals surface area contributed by atoms with E-state index in [0.717, 1.165) is 22.3 Å². The fourth-order valence-corrected chi connectivity index (χ4v) is 5.19. The van der Waals surface area contributed by atoms with Crippen LogP contribution in [0.15, 0.2) is 132 Å². The lowest BCUT2D eigenvalue weighted by Gasteiger charge is -2.19. The molecule has 0 saturated heterocycles. The van der Waals surface area contributed by atoms with Gasteiger partial charge in [0.05, 0.1) is 12.4 Å². The summed E-state index contributed by atoms with van der Waals surface area (Å²) in [5, 5.41) is 13.8. The third-order valence-electron chi connectivity index (χ3n) is 8.53. The van der Waals surface area contributed by atoms with Gasteiger partial charge >= 0.3 is 0 Å². The Balaban J connectivity index is 1.05. The summed E-state index contributed by atoms with van der Waals surface area (Å²) in [5.41, 5.74) is 11.8. The Labute approximate surface area is 315 Å². The largest absolute Gasteiger partial charge is 0.322 e. The molecule has 10 heteroatoms. The smallest absolute Gasteiger partial charge is 0.271 e. The SMILES string of the molecule is CC(C)(C)c1ccc(C(=O)Nc2ccc(C(=O)NN=Cc3ccc(C=NNC(=O)c4ccc(NC(=O)c5ccc(C(C)(C)C)cc5)cc4)cc3)cc2)cc1. The van der Waals surface area contributed by atoms with Gasteiger partial charge in [0.1, 0.15) is 0 Å². The maximum atomic E-state index is 12.7. The average Bonchev–Trinajstić information content (AvgIpc) is 3.15. The number of carbonyl (C=O) groups is 4. The van der Waals surface area contributed by atoms with Crippen molar-refractivity contribution in [1.82, 2.24) is 10.9 Å². The van der Waals surface area contributed by atoms with E-state index in [2.05, 4.69) is 73.2 Å². The number of anilines is 2. The summed E-state index contributed by atoms with van der Waals surface area (Å²) in [5.74, 6) is -1.27. The first-order valence-electron chi connectivity index (χ1n) is 17.5. The lowest BCUT2D eigenvalue weighted by Crippen LogP contribution is -2.18. The molecule has 5 rings (SSSR count). The molecule has 0 atom stereocenters. The van der Waals surface area contributed by atoms with Crippen molar-refractivity contribution in [3.63, 3.8) is 0 Å². The highest BCUT2D eigenvalue weighted by Gasteiger charge is 2.16. The molecule has 0 unspecified atom stereocenters. The highest BCUT2D eigenvalue weighted by Crippen LogP contribution is 2.24. The number of hydrogen-bond acceptors (Lipinski definition) is 6. The number of nitrogens with one attached hydrogen (secondary N) is 4. The van der Waals surface area contributed by atoms with Gasteiger partial charge in [0.25, 0.3) is 23.6 Å². The minimum atomic E-state index is -0.400. The normalized spacial score (nSPS) is 11.7. The molecule has 0 radical (unpaired) electrons. The second-order valence-corrected chi connectivity index (χ2v) is 14.8. The van der Waals surface area contributed by atoms with Crippen molar-refractivity contribution >= 4 is 47.4 Å². The Hall–Kier alpha value is -6.68. The second-order valence-electron chi connectivity index (χ2n) is 14.8. The Morgan fingerprint density at radius 1 is 0.407 bits per heavy atom. The third kappa shape index (κ3) is 10.7. The number of amides is 4. The molecule has 54 heavy (non-hydrogen) atoms. The first kappa shape index (κ1) is 38.5. The lowest BCUT2D eigenvalue weighted by atomic mass is 9.86. The predicted molar refractivity (Wildman–Crippen MR) is 216 cm³/mol. The molecule has 5 aromatic carbocycles. The summed E-state index contributed by atoms with van der Waals surface area (Å²) in [7, 11) is 0. The zero-order chi connectivity index (χ0) is 38.9. The van der Waals surface area contributed by atoms with Gasteiger partial charge in [-0.2, -0.15) is 10.2 Å². The van der Waals surface area contributed by atoms with Crippen molar-refractivity contribution in [2.75, 3.05) is 10.6 Å². The molecule has 274 valence electrons. The van der Waals surface area contributed by atoms with Gasteiger partial charge in [0.15, 0.2) is 0 Å². The van der Waals surface area contributed by atoms with Gasteiger partial charge in [-0.15, -0.1) is 0 Å². The first-order chi connectivity index (χ1) is 25.7. The van der Waals surface area contributed by atoms with Crippen LogP contribution in [-0.2, 0) is 10.8 Å². The molecule has 0 aliphatic heterocycles. The van der Waals surface area contributed by atoms with Crippen molar-refractivity contribution in [1.29, 1.82) is 0 Å². The van der Waals surface area contributed by atoms with Gasteiger partial charge in [-0.25, -0.2) is 10.9 Å². The van der Waals surface area contributed by atoms with Crippen LogP contribution in [0, 0.1) is 0 Å². The van der Waals surface area contributed by atoms with Gasteiger partial charge in [-0.05, 0) is 106 Å². The zero-order valence-electron chi connectivity index (χ0n) is 31.2. The van der Waals surface area contributed by atoms with E-state index < -0.39 is 11.8 Å². The van der Waals surface area contributed by atoms with Crippen LogP contribution in [0.25, 0.3) is 0 Å².